The lowest BCUT2D eigenvalue weighted by molar-refractivity contribution is 0.175. The van der Waals surface area contributed by atoms with Gasteiger partial charge in [-0.2, -0.15) is 4.98 Å². The number of fused-ring (bicyclic) bond motifs is 1. The highest BCUT2D eigenvalue weighted by molar-refractivity contribution is 5.35. The van der Waals surface area contributed by atoms with Gasteiger partial charge in [0.15, 0.2) is 0 Å². The number of ether oxygens (including phenoxy) is 1. The van der Waals surface area contributed by atoms with E-state index in [1.807, 2.05) is 0 Å². The molecule has 4 heteroatoms. The molecule has 0 fully saturated rings. The standard InChI is InChI=1S/C17H21N3O/c1-11(2)17-19-15(18)10-16(20-17)21-14-9-5-7-12-6-3-4-8-13(12)14/h3-4,6,8,10-11,14H,5,7,9H2,1-2H3,(H2,18,19,20). The van der Waals surface area contributed by atoms with Crippen LogP contribution in [-0.2, 0) is 6.42 Å². The normalized spacial score (nSPS) is 17.6. The maximum Gasteiger partial charge on any atom is 0.219 e. The number of nitrogens with zero attached hydrogens (tertiary/aromatic N) is 2. The molecule has 4 nitrogen and oxygen atoms in total. The number of aromatic nitrogens is 2. The summed E-state index contributed by atoms with van der Waals surface area (Å²) in [6.45, 7) is 4.10. The summed E-state index contributed by atoms with van der Waals surface area (Å²) in [6, 6.07) is 10.2. The van der Waals surface area contributed by atoms with Crippen molar-refractivity contribution in [3.8, 4) is 5.88 Å². The summed E-state index contributed by atoms with van der Waals surface area (Å²) < 4.78 is 6.12. The molecule has 1 aromatic heterocycles. The molecule has 2 aromatic rings. The third-order valence-corrected chi connectivity index (χ3v) is 3.83. The molecule has 0 saturated carbocycles. The van der Waals surface area contributed by atoms with Crippen molar-refractivity contribution in [2.75, 3.05) is 5.73 Å². The predicted octanol–water partition coefficient (Wildman–Crippen LogP) is 3.64. The zero-order valence-corrected chi connectivity index (χ0v) is 12.5. The molecular formula is C17H21N3O. The van der Waals surface area contributed by atoms with Crippen LogP contribution in [0.5, 0.6) is 5.88 Å². The van der Waals surface area contributed by atoms with Crippen molar-refractivity contribution in [1.29, 1.82) is 0 Å². The summed E-state index contributed by atoms with van der Waals surface area (Å²) in [5, 5.41) is 0. The Bertz CT molecular complexity index is 640. The SMILES string of the molecule is CC(C)c1nc(N)cc(OC2CCCc3ccccc32)n1. The van der Waals surface area contributed by atoms with Crippen molar-refractivity contribution < 1.29 is 4.74 Å². The molecule has 0 spiro atoms. The van der Waals surface area contributed by atoms with Crippen LogP contribution in [0.25, 0.3) is 0 Å². The number of aryl methyl sites for hydroxylation is 1. The maximum atomic E-state index is 6.12. The largest absolute Gasteiger partial charge is 0.469 e. The van der Waals surface area contributed by atoms with Gasteiger partial charge in [-0.25, -0.2) is 4.98 Å². The molecule has 1 aliphatic carbocycles. The minimum absolute atomic E-state index is 0.0595. The molecule has 1 aliphatic rings. The lowest BCUT2D eigenvalue weighted by Crippen LogP contribution is -2.16. The summed E-state index contributed by atoms with van der Waals surface area (Å²) in [5.74, 6) is 2.00. The number of anilines is 1. The van der Waals surface area contributed by atoms with Crippen LogP contribution < -0.4 is 10.5 Å². The Morgan fingerprint density at radius 1 is 1.24 bits per heavy atom. The van der Waals surface area contributed by atoms with Gasteiger partial charge in [0.2, 0.25) is 5.88 Å². The number of hydrogen-bond donors (Lipinski definition) is 1. The van der Waals surface area contributed by atoms with E-state index in [2.05, 4.69) is 48.1 Å². The van der Waals surface area contributed by atoms with Gasteiger partial charge in [-0.05, 0) is 30.4 Å². The van der Waals surface area contributed by atoms with Gasteiger partial charge in [-0.1, -0.05) is 38.1 Å². The van der Waals surface area contributed by atoms with Crippen LogP contribution in [-0.4, -0.2) is 9.97 Å². The molecular weight excluding hydrogens is 262 g/mol. The molecule has 1 heterocycles. The van der Waals surface area contributed by atoms with Crippen molar-refractivity contribution in [3.63, 3.8) is 0 Å². The van der Waals surface area contributed by atoms with Gasteiger partial charge in [-0.15, -0.1) is 0 Å². The Balaban J connectivity index is 1.88. The number of nitrogen functional groups attached to an aromatic ring is 1. The van der Waals surface area contributed by atoms with E-state index in [-0.39, 0.29) is 12.0 Å². The van der Waals surface area contributed by atoms with E-state index in [0.717, 1.165) is 25.1 Å². The van der Waals surface area contributed by atoms with Gasteiger partial charge in [-0.3, -0.25) is 0 Å². The molecule has 3 rings (SSSR count). The first-order valence-electron chi connectivity index (χ1n) is 7.52. The highest BCUT2D eigenvalue weighted by atomic mass is 16.5. The molecule has 1 atom stereocenters. The molecule has 2 N–H and O–H groups in total. The summed E-state index contributed by atoms with van der Waals surface area (Å²) in [7, 11) is 0. The van der Waals surface area contributed by atoms with Crippen LogP contribution >= 0.6 is 0 Å². The first-order valence-corrected chi connectivity index (χ1v) is 7.52. The average molecular weight is 283 g/mol. The smallest absolute Gasteiger partial charge is 0.219 e. The summed E-state index contributed by atoms with van der Waals surface area (Å²) in [6.07, 6.45) is 3.33. The Morgan fingerprint density at radius 3 is 2.86 bits per heavy atom. The Kier molecular flexibility index (Phi) is 3.78. The average Bonchev–Trinajstić information content (AvgIpc) is 2.47. The Morgan fingerprint density at radius 2 is 2.05 bits per heavy atom. The number of rotatable bonds is 3. The van der Waals surface area contributed by atoms with E-state index < -0.39 is 0 Å². The zero-order chi connectivity index (χ0) is 14.8. The van der Waals surface area contributed by atoms with Crippen molar-refractivity contribution in [2.24, 2.45) is 0 Å². The minimum atomic E-state index is 0.0595. The highest BCUT2D eigenvalue weighted by Gasteiger charge is 2.22. The van der Waals surface area contributed by atoms with Crippen LogP contribution in [0.2, 0.25) is 0 Å². The fraction of sp³-hybridized carbons (Fsp3) is 0.412. The molecule has 0 radical (unpaired) electrons. The molecule has 1 aromatic carbocycles. The molecule has 1 unspecified atom stereocenters. The van der Waals surface area contributed by atoms with Crippen molar-refractivity contribution in [3.05, 3.63) is 47.3 Å². The van der Waals surface area contributed by atoms with E-state index in [0.29, 0.717) is 11.7 Å². The van der Waals surface area contributed by atoms with E-state index in [9.17, 15) is 0 Å². The predicted molar refractivity (Wildman–Crippen MR) is 83.3 cm³/mol. The highest BCUT2D eigenvalue weighted by Crippen LogP contribution is 2.33. The second-order valence-corrected chi connectivity index (χ2v) is 5.84. The summed E-state index contributed by atoms with van der Waals surface area (Å²) >= 11 is 0. The third kappa shape index (κ3) is 2.99. The first-order chi connectivity index (χ1) is 10.1. The van der Waals surface area contributed by atoms with Crippen molar-refractivity contribution in [1.82, 2.24) is 9.97 Å². The van der Waals surface area contributed by atoms with Crippen LogP contribution in [0.1, 0.15) is 55.7 Å². The van der Waals surface area contributed by atoms with E-state index >= 15 is 0 Å². The van der Waals surface area contributed by atoms with Gasteiger partial charge in [0.05, 0.1) is 0 Å². The monoisotopic (exact) mass is 283 g/mol. The van der Waals surface area contributed by atoms with E-state index in [1.165, 1.54) is 11.1 Å². The van der Waals surface area contributed by atoms with Gasteiger partial charge in [0.25, 0.3) is 0 Å². The second kappa shape index (κ2) is 5.72. The van der Waals surface area contributed by atoms with Crippen LogP contribution in [0.3, 0.4) is 0 Å². The number of benzene rings is 1. The van der Waals surface area contributed by atoms with Gasteiger partial charge < -0.3 is 10.5 Å². The minimum Gasteiger partial charge on any atom is -0.469 e. The lowest BCUT2D eigenvalue weighted by Gasteiger charge is -2.26. The molecule has 0 aliphatic heterocycles. The van der Waals surface area contributed by atoms with Gasteiger partial charge >= 0.3 is 0 Å². The Hall–Kier alpha value is -2.10. The second-order valence-electron chi connectivity index (χ2n) is 5.84. The maximum absolute atomic E-state index is 6.12. The number of nitrogens with two attached hydrogens (primary N) is 1. The Labute approximate surface area is 125 Å². The van der Waals surface area contributed by atoms with Gasteiger partial charge in [0.1, 0.15) is 17.7 Å². The lowest BCUT2D eigenvalue weighted by atomic mass is 9.89. The topological polar surface area (TPSA) is 61.0 Å². The summed E-state index contributed by atoms with van der Waals surface area (Å²) in [4.78, 5) is 8.74. The zero-order valence-electron chi connectivity index (χ0n) is 12.5. The van der Waals surface area contributed by atoms with E-state index in [1.54, 1.807) is 6.07 Å². The van der Waals surface area contributed by atoms with Crippen molar-refractivity contribution >= 4 is 5.82 Å². The molecule has 0 bridgehead atoms. The van der Waals surface area contributed by atoms with Crippen LogP contribution in [0.4, 0.5) is 5.82 Å². The molecule has 0 saturated heterocycles. The van der Waals surface area contributed by atoms with Crippen molar-refractivity contribution in [2.45, 2.75) is 45.1 Å². The molecule has 110 valence electrons. The van der Waals surface area contributed by atoms with Crippen LogP contribution in [0.15, 0.2) is 30.3 Å². The first kappa shape index (κ1) is 13.9. The number of hydrogen-bond acceptors (Lipinski definition) is 4. The van der Waals surface area contributed by atoms with E-state index in [4.69, 9.17) is 10.5 Å². The van der Waals surface area contributed by atoms with Crippen LogP contribution in [0, 0.1) is 0 Å². The summed E-state index contributed by atoms with van der Waals surface area (Å²) in [5.41, 5.74) is 8.51. The quantitative estimate of drug-likeness (QED) is 0.934. The fourth-order valence-corrected chi connectivity index (χ4v) is 2.76. The molecule has 0 amide bonds. The molecule has 21 heavy (non-hydrogen) atoms. The third-order valence-electron chi connectivity index (χ3n) is 3.83. The van der Waals surface area contributed by atoms with Gasteiger partial charge in [0, 0.05) is 12.0 Å². The fourth-order valence-electron chi connectivity index (χ4n) is 2.76.